The predicted molar refractivity (Wildman–Crippen MR) is 101 cm³/mol. The molecule has 0 bridgehead atoms. The van der Waals surface area contributed by atoms with Crippen molar-refractivity contribution in [2.45, 2.75) is 96.0 Å². The molecular weight excluding hydrogens is 302 g/mol. The molecule has 23 heavy (non-hydrogen) atoms. The van der Waals surface area contributed by atoms with E-state index in [0.717, 1.165) is 26.3 Å². The summed E-state index contributed by atoms with van der Waals surface area (Å²) in [6.07, 6.45) is 4.22. The van der Waals surface area contributed by atoms with Gasteiger partial charge in [0.1, 0.15) is 0 Å². The molecule has 0 unspecified atom stereocenters. The molecule has 1 saturated carbocycles. The normalized spacial score (nSPS) is 29.7. The molecule has 1 aliphatic carbocycles. The third-order valence-corrected chi connectivity index (χ3v) is 12.5. The second-order valence-electron chi connectivity index (χ2n) is 8.58. The van der Waals surface area contributed by atoms with Crippen molar-refractivity contribution in [2.24, 2.45) is 0 Å². The number of hydrogen-bond donors (Lipinski definition) is 0. The minimum absolute atomic E-state index is 0.315. The first-order valence-corrected chi connectivity index (χ1v) is 12.0. The largest absolute Gasteiger partial charge is 0.411 e. The monoisotopic (exact) mass is 341 g/mol. The van der Waals surface area contributed by atoms with Gasteiger partial charge < -0.3 is 9.16 Å². The fraction of sp³-hybridized carbons (Fsp3) is 1.00. The van der Waals surface area contributed by atoms with E-state index in [2.05, 4.69) is 53.4 Å². The standard InChI is InChI=1S/C19H39NO2Si/c1-8-9-19(20-10-12-21-13-11-20)14-18(19)22-23(15(2)3,16(4)5)17(6)7/h15-18H,8-14H2,1-7H3/t18-,19+/m1/s1. The third kappa shape index (κ3) is 3.56. The molecule has 4 heteroatoms. The lowest BCUT2D eigenvalue weighted by Crippen LogP contribution is -2.52. The molecule has 1 heterocycles. The summed E-state index contributed by atoms with van der Waals surface area (Å²) in [6.45, 7) is 20.6. The molecule has 1 saturated heterocycles. The van der Waals surface area contributed by atoms with Crippen LogP contribution >= 0.6 is 0 Å². The summed E-state index contributed by atoms with van der Waals surface area (Å²) >= 11 is 0. The van der Waals surface area contributed by atoms with Crippen molar-refractivity contribution in [3.05, 3.63) is 0 Å². The molecule has 136 valence electrons. The van der Waals surface area contributed by atoms with Crippen molar-refractivity contribution < 1.29 is 9.16 Å². The van der Waals surface area contributed by atoms with E-state index in [4.69, 9.17) is 9.16 Å². The number of nitrogens with zero attached hydrogens (tertiary/aromatic N) is 1. The first kappa shape index (κ1) is 19.4. The molecule has 2 aliphatic rings. The highest BCUT2D eigenvalue weighted by Crippen LogP contribution is 2.54. The van der Waals surface area contributed by atoms with Gasteiger partial charge in [-0.3, -0.25) is 4.90 Å². The molecule has 2 atom stereocenters. The van der Waals surface area contributed by atoms with Gasteiger partial charge in [0.15, 0.2) is 0 Å². The molecular formula is C19H39NO2Si. The highest BCUT2D eigenvalue weighted by Gasteiger charge is 2.62. The lowest BCUT2D eigenvalue weighted by Gasteiger charge is -2.44. The van der Waals surface area contributed by atoms with Crippen LogP contribution in [0.1, 0.15) is 67.7 Å². The lowest BCUT2D eigenvalue weighted by atomic mass is 10.1. The van der Waals surface area contributed by atoms with Crippen molar-refractivity contribution in [2.75, 3.05) is 26.3 Å². The van der Waals surface area contributed by atoms with Crippen LogP contribution < -0.4 is 0 Å². The van der Waals surface area contributed by atoms with Crippen molar-refractivity contribution in [3.8, 4) is 0 Å². The Hall–Kier alpha value is 0.0969. The number of rotatable bonds is 8. The molecule has 0 amide bonds. The van der Waals surface area contributed by atoms with Crippen LogP contribution in [0.5, 0.6) is 0 Å². The molecule has 3 nitrogen and oxygen atoms in total. The number of hydrogen-bond acceptors (Lipinski definition) is 3. The van der Waals surface area contributed by atoms with Crippen LogP contribution in [0, 0.1) is 0 Å². The van der Waals surface area contributed by atoms with Crippen LogP contribution in [0.25, 0.3) is 0 Å². The van der Waals surface area contributed by atoms with Crippen LogP contribution in [0.4, 0.5) is 0 Å². The Balaban J connectivity index is 2.17. The van der Waals surface area contributed by atoms with Gasteiger partial charge in [-0.25, -0.2) is 0 Å². The topological polar surface area (TPSA) is 21.7 Å². The first-order chi connectivity index (χ1) is 10.8. The average molecular weight is 342 g/mol. The van der Waals surface area contributed by atoms with E-state index in [1.807, 2.05) is 0 Å². The van der Waals surface area contributed by atoms with Gasteiger partial charge in [-0.1, -0.05) is 54.9 Å². The molecule has 0 N–H and O–H groups in total. The van der Waals surface area contributed by atoms with E-state index in [0.29, 0.717) is 28.3 Å². The summed E-state index contributed by atoms with van der Waals surface area (Å²) < 4.78 is 12.7. The van der Waals surface area contributed by atoms with Crippen molar-refractivity contribution in [1.82, 2.24) is 4.90 Å². The van der Waals surface area contributed by atoms with Crippen LogP contribution in [0.15, 0.2) is 0 Å². The highest BCUT2D eigenvalue weighted by atomic mass is 28.4. The number of ether oxygens (including phenoxy) is 1. The molecule has 2 fully saturated rings. The predicted octanol–water partition coefficient (Wildman–Crippen LogP) is 4.82. The Morgan fingerprint density at radius 2 is 1.57 bits per heavy atom. The van der Waals surface area contributed by atoms with Crippen LogP contribution in [0.2, 0.25) is 16.6 Å². The van der Waals surface area contributed by atoms with Gasteiger partial charge in [0.05, 0.1) is 19.3 Å². The van der Waals surface area contributed by atoms with Gasteiger partial charge in [0.25, 0.3) is 0 Å². The zero-order chi connectivity index (χ0) is 17.3. The van der Waals surface area contributed by atoms with E-state index in [9.17, 15) is 0 Å². The summed E-state index contributed by atoms with van der Waals surface area (Å²) in [5.41, 5.74) is 2.33. The minimum Gasteiger partial charge on any atom is -0.411 e. The second-order valence-corrected chi connectivity index (χ2v) is 14.0. The van der Waals surface area contributed by atoms with Crippen molar-refractivity contribution >= 4 is 8.32 Å². The molecule has 1 aliphatic heterocycles. The van der Waals surface area contributed by atoms with E-state index in [-0.39, 0.29) is 0 Å². The fourth-order valence-corrected chi connectivity index (χ4v) is 10.9. The average Bonchev–Trinajstić information content (AvgIpc) is 3.19. The van der Waals surface area contributed by atoms with Crippen LogP contribution in [-0.4, -0.2) is 51.2 Å². The van der Waals surface area contributed by atoms with Gasteiger partial charge in [-0.05, 0) is 29.5 Å². The van der Waals surface area contributed by atoms with Crippen molar-refractivity contribution in [3.63, 3.8) is 0 Å². The Morgan fingerprint density at radius 3 is 2.00 bits per heavy atom. The Morgan fingerprint density at radius 1 is 1.04 bits per heavy atom. The summed E-state index contributed by atoms with van der Waals surface area (Å²) in [6, 6.07) is 0. The molecule has 0 aromatic rings. The van der Waals surface area contributed by atoms with Crippen molar-refractivity contribution in [1.29, 1.82) is 0 Å². The minimum atomic E-state index is -1.77. The number of morpholine rings is 1. The first-order valence-electron chi connectivity index (χ1n) is 9.81. The zero-order valence-electron chi connectivity index (χ0n) is 16.5. The lowest BCUT2D eigenvalue weighted by molar-refractivity contribution is -0.00435. The second kappa shape index (κ2) is 7.55. The quantitative estimate of drug-likeness (QED) is 0.591. The van der Waals surface area contributed by atoms with Crippen LogP contribution in [-0.2, 0) is 9.16 Å². The van der Waals surface area contributed by atoms with Gasteiger partial charge in [0.2, 0.25) is 8.32 Å². The van der Waals surface area contributed by atoms with E-state index in [1.54, 1.807) is 0 Å². The highest BCUT2D eigenvalue weighted by molar-refractivity contribution is 6.77. The maximum atomic E-state index is 7.11. The molecule has 2 rings (SSSR count). The van der Waals surface area contributed by atoms with Gasteiger partial charge in [0, 0.05) is 18.6 Å². The van der Waals surface area contributed by atoms with E-state index < -0.39 is 8.32 Å². The smallest absolute Gasteiger partial charge is 0.200 e. The van der Waals surface area contributed by atoms with E-state index >= 15 is 0 Å². The van der Waals surface area contributed by atoms with Gasteiger partial charge in [-0.2, -0.15) is 0 Å². The van der Waals surface area contributed by atoms with Gasteiger partial charge >= 0.3 is 0 Å². The molecule has 0 aromatic heterocycles. The molecule has 0 radical (unpaired) electrons. The SMILES string of the molecule is CCC[C@]1(N2CCOCC2)C[C@H]1O[Si](C(C)C)(C(C)C)C(C)C. The fourth-order valence-electron chi connectivity index (χ4n) is 5.26. The summed E-state index contributed by atoms with van der Waals surface area (Å²) in [4.78, 5) is 2.69. The molecule has 0 aromatic carbocycles. The summed E-state index contributed by atoms with van der Waals surface area (Å²) in [7, 11) is -1.77. The van der Waals surface area contributed by atoms with E-state index in [1.165, 1.54) is 19.3 Å². The molecule has 0 spiro atoms. The maximum Gasteiger partial charge on any atom is 0.200 e. The summed E-state index contributed by atoms with van der Waals surface area (Å²) in [5, 5.41) is 0. The summed E-state index contributed by atoms with van der Waals surface area (Å²) in [5.74, 6) is 0. The Labute approximate surface area is 145 Å². The maximum absolute atomic E-state index is 7.11. The Kier molecular flexibility index (Phi) is 6.37. The Bertz CT molecular complexity index is 358. The van der Waals surface area contributed by atoms with Crippen LogP contribution in [0.3, 0.4) is 0 Å². The zero-order valence-corrected chi connectivity index (χ0v) is 17.5. The third-order valence-electron chi connectivity index (χ3n) is 6.36. The van der Waals surface area contributed by atoms with Gasteiger partial charge in [-0.15, -0.1) is 0 Å².